The molecule has 0 aromatic carbocycles. The Kier molecular flexibility index (Phi) is 4.74. The summed E-state index contributed by atoms with van der Waals surface area (Å²) in [5, 5.41) is 3.70. The molecule has 2 aliphatic rings. The molecule has 1 unspecified atom stereocenters. The van der Waals surface area contributed by atoms with Crippen LogP contribution >= 0.6 is 11.8 Å². The van der Waals surface area contributed by atoms with Crippen LogP contribution in [0.3, 0.4) is 0 Å². The quantitative estimate of drug-likeness (QED) is 0.809. The van der Waals surface area contributed by atoms with Gasteiger partial charge in [-0.25, -0.2) is 0 Å². The Bertz CT molecular complexity index is 258. The zero-order valence-corrected chi connectivity index (χ0v) is 11.4. The topological polar surface area (TPSA) is 55.1 Å². The van der Waals surface area contributed by atoms with Crippen LogP contribution < -0.4 is 11.1 Å². The van der Waals surface area contributed by atoms with Gasteiger partial charge in [0.1, 0.15) is 0 Å². The fourth-order valence-corrected chi connectivity index (χ4v) is 4.05. The molecule has 4 heteroatoms. The Morgan fingerprint density at radius 1 is 1.29 bits per heavy atom. The average molecular weight is 256 g/mol. The molecule has 0 spiro atoms. The minimum absolute atomic E-state index is 0.155. The summed E-state index contributed by atoms with van der Waals surface area (Å²) in [5.41, 5.74) is 6.06. The van der Waals surface area contributed by atoms with Gasteiger partial charge in [-0.3, -0.25) is 4.79 Å². The standard InChI is InChI=1S/C13H24N2OS/c14-13(6-2-1-3-7-13)9-12(16)15-10-11-5-4-8-17-11/h11H,1-10,14H2,(H,15,16). The van der Waals surface area contributed by atoms with Crippen LogP contribution in [-0.4, -0.2) is 29.0 Å². The number of rotatable bonds is 4. The van der Waals surface area contributed by atoms with E-state index in [-0.39, 0.29) is 11.4 Å². The van der Waals surface area contributed by atoms with Crippen LogP contribution in [0.1, 0.15) is 51.4 Å². The summed E-state index contributed by atoms with van der Waals surface area (Å²) in [6.45, 7) is 0.833. The van der Waals surface area contributed by atoms with E-state index in [1.54, 1.807) is 0 Å². The molecule has 1 heterocycles. The number of hydrogen-bond donors (Lipinski definition) is 2. The maximum Gasteiger partial charge on any atom is 0.221 e. The molecule has 3 N–H and O–H groups in total. The van der Waals surface area contributed by atoms with Crippen molar-refractivity contribution in [2.45, 2.75) is 62.2 Å². The number of nitrogens with one attached hydrogen (secondary N) is 1. The van der Waals surface area contributed by atoms with Crippen molar-refractivity contribution in [2.75, 3.05) is 12.3 Å². The van der Waals surface area contributed by atoms with Gasteiger partial charge < -0.3 is 11.1 Å². The molecular weight excluding hydrogens is 232 g/mol. The highest BCUT2D eigenvalue weighted by Gasteiger charge is 2.30. The molecule has 1 amide bonds. The van der Waals surface area contributed by atoms with Crippen molar-refractivity contribution in [3.63, 3.8) is 0 Å². The van der Waals surface area contributed by atoms with Crippen LogP contribution in [0, 0.1) is 0 Å². The molecule has 1 aliphatic carbocycles. The molecule has 1 aliphatic heterocycles. The first-order valence-corrected chi connectivity index (χ1v) is 7.90. The molecule has 1 atom stereocenters. The lowest BCUT2D eigenvalue weighted by Gasteiger charge is -2.32. The van der Waals surface area contributed by atoms with Gasteiger partial charge in [-0.15, -0.1) is 0 Å². The van der Waals surface area contributed by atoms with Crippen molar-refractivity contribution < 1.29 is 4.79 Å². The highest BCUT2D eigenvalue weighted by atomic mass is 32.2. The number of carbonyl (C=O) groups is 1. The summed E-state index contributed by atoms with van der Waals surface area (Å²) in [7, 11) is 0. The maximum atomic E-state index is 11.9. The lowest BCUT2D eigenvalue weighted by atomic mass is 9.80. The van der Waals surface area contributed by atoms with Gasteiger partial charge in [0.25, 0.3) is 0 Å². The number of hydrogen-bond acceptors (Lipinski definition) is 3. The Morgan fingerprint density at radius 3 is 2.71 bits per heavy atom. The molecular formula is C13H24N2OS. The van der Waals surface area contributed by atoms with Crippen LogP contribution in [0.25, 0.3) is 0 Å². The van der Waals surface area contributed by atoms with E-state index in [2.05, 4.69) is 5.32 Å². The molecule has 2 rings (SSSR count). The highest BCUT2D eigenvalue weighted by molar-refractivity contribution is 8.00. The van der Waals surface area contributed by atoms with Crippen LogP contribution in [0.4, 0.5) is 0 Å². The fourth-order valence-electron chi connectivity index (χ4n) is 2.85. The van der Waals surface area contributed by atoms with Gasteiger partial charge in [0, 0.05) is 23.8 Å². The molecule has 17 heavy (non-hydrogen) atoms. The van der Waals surface area contributed by atoms with E-state index in [0.717, 1.165) is 19.4 Å². The largest absolute Gasteiger partial charge is 0.355 e. The first kappa shape index (κ1) is 13.2. The van der Waals surface area contributed by atoms with E-state index in [1.807, 2.05) is 11.8 Å². The van der Waals surface area contributed by atoms with Crippen LogP contribution in [0.5, 0.6) is 0 Å². The summed E-state index contributed by atoms with van der Waals surface area (Å²) in [6.07, 6.45) is 8.73. The third kappa shape index (κ3) is 4.18. The van der Waals surface area contributed by atoms with E-state index in [1.165, 1.54) is 37.9 Å². The zero-order chi connectivity index (χ0) is 12.1. The summed E-state index contributed by atoms with van der Waals surface area (Å²) >= 11 is 1.98. The van der Waals surface area contributed by atoms with Gasteiger partial charge in [-0.2, -0.15) is 11.8 Å². The van der Waals surface area contributed by atoms with E-state index in [0.29, 0.717) is 11.7 Å². The van der Waals surface area contributed by atoms with Gasteiger partial charge in [-0.05, 0) is 31.4 Å². The second kappa shape index (κ2) is 6.10. The fraction of sp³-hybridized carbons (Fsp3) is 0.923. The second-order valence-corrected chi connectivity index (χ2v) is 6.95. The van der Waals surface area contributed by atoms with Crippen molar-refractivity contribution in [1.82, 2.24) is 5.32 Å². The lowest BCUT2D eigenvalue weighted by molar-refractivity contribution is -0.122. The third-order valence-electron chi connectivity index (χ3n) is 3.91. The Hall–Kier alpha value is -0.220. The van der Waals surface area contributed by atoms with E-state index in [9.17, 15) is 4.79 Å². The van der Waals surface area contributed by atoms with E-state index in [4.69, 9.17) is 5.73 Å². The third-order valence-corrected chi connectivity index (χ3v) is 5.31. The summed E-state index contributed by atoms with van der Waals surface area (Å²) in [4.78, 5) is 11.9. The van der Waals surface area contributed by atoms with Crippen molar-refractivity contribution in [2.24, 2.45) is 5.73 Å². The molecule has 2 fully saturated rings. The van der Waals surface area contributed by atoms with Crippen molar-refractivity contribution >= 4 is 17.7 Å². The second-order valence-electron chi connectivity index (χ2n) is 5.54. The van der Waals surface area contributed by atoms with E-state index >= 15 is 0 Å². The molecule has 0 aromatic heterocycles. The number of thioether (sulfide) groups is 1. The number of carbonyl (C=O) groups excluding carboxylic acids is 1. The zero-order valence-electron chi connectivity index (χ0n) is 10.5. The van der Waals surface area contributed by atoms with Gasteiger partial charge in [-0.1, -0.05) is 19.3 Å². The summed E-state index contributed by atoms with van der Waals surface area (Å²) in [5.74, 6) is 1.41. The van der Waals surface area contributed by atoms with Crippen LogP contribution in [0.15, 0.2) is 0 Å². The SMILES string of the molecule is NC1(CC(=O)NCC2CCCS2)CCCCC1. The van der Waals surface area contributed by atoms with Gasteiger partial charge >= 0.3 is 0 Å². The van der Waals surface area contributed by atoms with Crippen LogP contribution in [0.2, 0.25) is 0 Å². The predicted octanol–water partition coefficient (Wildman–Crippen LogP) is 2.05. The van der Waals surface area contributed by atoms with Crippen molar-refractivity contribution in [1.29, 1.82) is 0 Å². The maximum absolute atomic E-state index is 11.9. The molecule has 0 radical (unpaired) electrons. The van der Waals surface area contributed by atoms with Crippen molar-refractivity contribution in [3.05, 3.63) is 0 Å². The predicted molar refractivity (Wildman–Crippen MR) is 73.1 cm³/mol. The van der Waals surface area contributed by atoms with Crippen LogP contribution in [-0.2, 0) is 4.79 Å². The molecule has 0 aromatic rings. The van der Waals surface area contributed by atoms with Gasteiger partial charge in [0.05, 0.1) is 0 Å². The molecule has 1 saturated carbocycles. The minimum Gasteiger partial charge on any atom is -0.355 e. The molecule has 98 valence electrons. The van der Waals surface area contributed by atoms with E-state index < -0.39 is 0 Å². The smallest absolute Gasteiger partial charge is 0.221 e. The summed E-state index contributed by atoms with van der Waals surface area (Å²) in [6, 6.07) is 0. The Balaban J connectivity index is 1.68. The Labute approximate surface area is 108 Å². The molecule has 0 bridgehead atoms. The number of nitrogens with two attached hydrogens (primary N) is 1. The first-order chi connectivity index (χ1) is 8.18. The Morgan fingerprint density at radius 2 is 2.06 bits per heavy atom. The highest BCUT2D eigenvalue weighted by Crippen LogP contribution is 2.29. The van der Waals surface area contributed by atoms with Crippen molar-refractivity contribution in [3.8, 4) is 0 Å². The van der Waals surface area contributed by atoms with Gasteiger partial charge in [0.15, 0.2) is 0 Å². The molecule has 1 saturated heterocycles. The normalized spacial score (nSPS) is 27.9. The first-order valence-electron chi connectivity index (χ1n) is 6.85. The minimum atomic E-state index is -0.217. The number of amides is 1. The van der Waals surface area contributed by atoms with Gasteiger partial charge in [0.2, 0.25) is 5.91 Å². The average Bonchev–Trinajstić information content (AvgIpc) is 2.79. The summed E-state index contributed by atoms with van der Waals surface area (Å²) < 4.78 is 0. The monoisotopic (exact) mass is 256 g/mol. The molecule has 3 nitrogen and oxygen atoms in total. The lowest BCUT2D eigenvalue weighted by Crippen LogP contribution is -2.46.